The van der Waals surface area contributed by atoms with Crippen LogP contribution in [0.2, 0.25) is 0 Å². The molecule has 7 heteroatoms. The normalized spacial score (nSPS) is 11.1. The van der Waals surface area contributed by atoms with Crippen LogP contribution in [0.25, 0.3) is 10.8 Å². The van der Waals surface area contributed by atoms with Crippen LogP contribution in [-0.2, 0) is 13.1 Å². The fourth-order valence-electron chi connectivity index (χ4n) is 3.45. The van der Waals surface area contributed by atoms with Crippen molar-refractivity contribution in [3.05, 3.63) is 103 Å². The first-order chi connectivity index (χ1) is 14.7. The van der Waals surface area contributed by atoms with Gasteiger partial charge in [-0.2, -0.15) is 10.2 Å². The summed E-state index contributed by atoms with van der Waals surface area (Å²) in [5, 5.41) is 13.7. The predicted molar refractivity (Wildman–Crippen MR) is 113 cm³/mol. The number of aromatic nitrogens is 4. The van der Waals surface area contributed by atoms with Gasteiger partial charge in [0.05, 0.1) is 25.0 Å². The highest BCUT2D eigenvalue weighted by Gasteiger charge is 2.13. The van der Waals surface area contributed by atoms with E-state index in [2.05, 4.69) is 39.8 Å². The first-order valence-corrected chi connectivity index (χ1v) is 9.61. The highest BCUT2D eigenvalue weighted by Crippen LogP contribution is 2.20. The summed E-state index contributed by atoms with van der Waals surface area (Å²) in [5.74, 6) is 0.598. The highest BCUT2D eigenvalue weighted by atomic mass is 16.4. The van der Waals surface area contributed by atoms with Crippen molar-refractivity contribution in [2.75, 3.05) is 5.32 Å². The number of furan rings is 1. The molecule has 1 amide bonds. The lowest BCUT2D eigenvalue weighted by atomic mass is 10.0. The van der Waals surface area contributed by atoms with E-state index in [0.717, 1.165) is 0 Å². The van der Waals surface area contributed by atoms with Crippen LogP contribution in [0.4, 0.5) is 5.69 Å². The summed E-state index contributed by atoms with van der Waals surface area (Å²) in [5.41, 5.74) is 1.79. The van der Waals surface area contributed by atoms with Crippen molar-refractivity contribution >= 4 is 22.4 Å². The van der Waals surface area contributed by atoms with Gasteiger partial charge in [0.25, 0.3) is 5.91 Å². The average molecular weight is 397 g/mol. The van der Waals surface area contributed by atoms with Gasteiger partial charge in [-0.15, -0.1) is 0 Å². The van der Waals surface area contributed by atoms with Crippen LogP contribution >= 0.6 is 0 Å². The molecule has 0 spiro atoms. The van der Waals surface area contributed by atoms with Crippen molar-refractivity contribution in [2.24, 2.45) is 0 Å². The standard InChI is InChI=1S/C23H19N5O2/c29-23(22-10-9-20(30-22)16-27-12-4-11-24-27)26-19-13-25-28(15-19)14-18-7-3-6-17-5-1-2-8-21(17)18/h1-13,15H,14,16H2,(H,26,29). The summed E-state index contributed by atoms with van der Waals surface area (Å²) in [6.07, 6.45) is 6.99. The number of rotatable bonds is 6. The number of carbonyl (C=O) groups excluding carboxylic acids is 1. The minimum absolute atomic E-state index is 0.249. The van der Waals surface area contributed by atoms with Gasteiger partial charge in [-0.1, -0.05) is 42.5 Å². The maximum atomic E-state index is 12.5. The maximum Gasteiger partial charge on any atom is 0.291 e. The molecule has 0 aliphatic rings. The zero-order valence-electron chi connectivity index (χ0n) is 16.1. The monoisotopic (exact) mass is 397 g/mol. The van der Waals surface area contributed by atoms with E-state index < -0.39 is 0 Å². The summed E-state index contributed by atoms with van der Waals surface area (Å²) in [6, 6.07) is 19.8. The van der Waals surface area contributed by atoms with E-state index in [9.17, 15) is 4.79 Å². The quantitative estimate of drug-likeness (QED) is 0.466. The van der Waals surface area contributed by atoms with E-state index in [0.29, 0.717) is 24.5 Å². The number of anilines is 1. The minimum Gasteiger partial charge on any atom is -0.454 e. The van der Waals surface area contributed by atoms with Crippen LogP contribution in [0.15, 0.2) is 89.9 Å². The van der Waals surface area contributed by atoms with E-state index in [1.165, 1.54) is 16.3 Å². The lowest BCUT2D eigenvalue weighted by molar-refractivity contribution is 0.0994. The van der Waals surface area contributed by atoms with Crippen LogP contribution in [0.5, 0.6) is 0 Å². The van der Waals surface area contributed by atoms with E-state index in [-0.39, 0.29) is 11.7 Å². The number of carbonyl (C=O) groups is 1. The first kappa shape index (κ1) is 17.9. The fraction of sp³-hybridized carbons (Fsp3) is 0.0870. The van der Waals surface area contributed by atoms with Crippen molar-refractivity contribution in [3.63, 3.8) is 0 Å². The Kier molecular flexibility index (Phi) is 4.61. The average Bonchev–Trinajstić information content (AvgIpc) is 3.52. The summed E-state index contributed by atoms with van der Waals surface area (Å²) in [4.78, 5) is 12.5. The van der Waals surface area contributed by atoms with Gasteiger partial charge in [-0.3, -0.25) is 14.2 Å². The zero-order chi connectivity index (χ0) is 20.3. The van der Waals surface area contributed by atoms with Crippen molar-refractivity contribution in [1.29, 1.82) is 0 Å². The van der Waals surface area contributed by atoms with Crippen LogP contribution in [0, 0.1) is 0 Å². The Morgan fingerprint density at radius 2 is 1.83 bits per heavy atom. The number of fused-ring (bicyclic) bond motifs is 1. The number of nitrogens with one attached hydrogen (secondary N) is 1. The smallest absolute Gasteiger partial charge is 0.291 e. The molecule has 0 aliphatic carbocycles. The molecule has 0 unspecified atom stereocenters. The molecule has 2 aromatic carbocycles. The Balaban J connectivity index is 1.27. The predicted octanol–water partition coefficient (Wildman–Crippen LogP) is 4.17. The molecule has 0 aliphatic heterocycles. The first-order valence-electron chi connectivity index (χ1n) is 9.61. The van der Waals surface area contributed by atoms with Crippen LogP contribution in [0.1, 0.15) is 21.9 Å². The Bertz CT molecular complexity index is 1290. The summed E-state index contributed by atoms with van der Waals surface area (Å²) in [7, 11) is 0. The topological polar surface area (TPSA) is 77.9 Å². The summed E-state index contributed by atoms with van der Waals surface area (Å²) < 4.78 is 9.18. The molecule has 5 aromatic rings. The van der Waals surface area contributed by atoms with Gasteiger partial charge >= 0.3 is 0 Å². The lowest BCUT2D eigenvalue weighted by Gasteiger charge is -2.06. The number of nitrogens with zero attached hydrogens (tertiary/aromatic N) is 4. The van der Waals surface area contributed by atoms with E-state index in [1.54, 1.807) is 29.2 Å². The number of amides is 1. The van der Waals surface area contributed by atoms with E-state index in [4.69, 9.17) is 4.42 Å². The molecule has 0 bridgehead atoms. The van der Waals surface area contributed by atoms with Gasteiger partial charge in [-0.05, 0) is 34.5 Å². The molecule has 0 fully saturated rings. The van der Waals surface area contributed by atoms with Crippen molar-refractivity contribution in [1.82, 2.24) is 19.6 Å². The molecule has 3 heterocycles. The van der Waals surface area contributed by atoms with Crippen molar-refractivity contribution in [3.8, 4) is 0 Å². The molecule has 5 rings (SSSR count). The second kappa shape index (κ2) is 7.71. The third-order valence-electron chi connectivity index (χ3n) is 4.87. The van der Waals surface area contributed by atoms with Crippen LogP contribution in [0.3, 0.4) is 0 Å². The molecular weight excluding hydrogens is 378 g/mol. The molecule has 0 saturated carbocycles. The molecule has 0 radical (unpaired) electrons. The van der Waals surface area contributed by atoms with Gasteiger partial charge in [0.1, 0.15) is 5.76 Å². The SMILES string of the molecule is O=C(Nc1cnn(Cc2cccc3ccccc23)c1)c1ccc(Cn2cccn2)o1. The third-order valence-corrected chi connectivity index (χ3v) is 4.87. The lowest BCUT2D eigenvalue weighted by Crippen LogP contribution is -2.10. The highest BCUT2D eigenvalue weighted by molar-refractivity contribution is 6.02. The Labute approximate surface area is 172 Å². The number of hydrogen-bond donors (Lipinski definition) is 1. The van der Waals surface area contributed by atoms with E-state index in [1.807, 2.05) is 41.3 Å². The Morgan fingerprint density at radius 3 is 2.73 bits per heavy atom. The number of benzene rings is 2. The van der Waals surface area contributed by atoms with E-state index >= 15 is 0 Å². The summed E-state index contributed by atoms with van der Waals surface area (Å²) >= 11 is 0. The largest absolute Gasteiger partial charge is 0.454 e. The van der Waals surface area contributed by atoms with Gasteiger partial charge in [0, 0.05) is 18.6 Å². The van der Waals surface area contributed by atoms with Gasteiger partial charge in [0.15, 0.2) is 5.76 Å². The molecular formula is C23H19N5O2. The number of hydrogen-bond acceptors (Lipinski definition) is 4. The van der Waals surface area contributed by atoms with Crippen LogP contribution < -0.4 is 5.32 Å². The van der Waals surface area contributed by atoms with Gasteiger partial charge in [-0.25, -0.2) is 0 Å². The zero-order valence-corrected chi connectivity index (χ0v) is 16.1. The molecule has 7 nitrogen and oxygen atoms in total. The maximum absolute atomic E-state index is 12.5. The fourth-order valence-corrected chi connectivity index (χ4v) is 3.45. The molecule has 0 saturated heterocycles. The minimum atomic E-state index is -0.313. The molecule has 148 valence electrons. The van der Waals surface area contributed by atoms with Gasteiger partial charge < -0.3 is 9.73 Å². The van der Waals surface area contributed by atoms with Crippen molar-refractivity contribution < 1.29 is 9.21 Å². The Morgan fingerprint density at radius 1 is 0.933 bits per heavy atom. The summed E-state index contributed by atoms with van der Waals surface area (Å²) in [6.45, 7) is 1.09. The van der Waals surface area contributed by atoms with Crippen molar-refractivity contribution in [2.45, 2.75) is 13.1 Å². The van der Waals surface area contributed by atoms with Gasteiger partial charge in [0.2, 0.25) is 0 Å². The second-order valence-electron chi connectivity index (χ2n) is 6.99. The molecule has 3 aromatic heterocycles. The molecule has 0 atom stereocenters. The Hall–Kier alpha value is -4.13. The molecule has 1 N–H and O–H groups in total. The molecule has 30 heavy (non-hydrogen) atoms. The van der Waals surface area contributed by atoms with Crippen LogP contribution in [-0.4, -0.2) is 25.5 Å². The third kappa shape index (κ3) is 3.73. The second-order valence-corrected chi connectivity index (χ2v) is 6.99.